The van der Waals surface area contributed by atoms with E-state index < -0.39 is 154 Å². The zero-order valence-electron chi connectivity index (χ0n) is 29.2. The Labute approximate surface area is 324 Å². The molecule has 0 amide bonds. The predicted molar refractivity (Wildman–Crippen MR) is 181 cm³/mol. The second kappa shape index (κ2) is 22.6. The fourth-order valence-corrected chi connectivity index (χ4v) is 5.74. The van der Waals surface area contributed by atoms with E-state index in [1.54, 1.807) is 0 Å². The Morgan fingerprint density at radius 2 is 0.807 bits per heavy atom. The van der Waals surface area contributed by atoms with Crippen LogP contribution in [0.25, 0.3) is 0 Å². The van der Waals surface area contributed by atoms with Gasteiger partial charge < -0.3 is 98.6 Å². The Kier molecular flexibility index (Phi) is 21.4. The van der Waals surface area contributed by atoms with Crippen LogP contribution in [-0.2, 0) is 59.6 Å². The van der Waals surface area contributed by atoms with Gasteiger partial charge in [0.25, 0.3) is 0 Å². The molecule has 0 bridgehead atoms. The van der Waals surface area contributed by atoms with E-state index >= 15 is 0 Å². The number of hydrogen-bond donors (Lipinski definition) is 19. The minimum absolute atomic E-state index is 0.0889. The molecular weight excluding hydrogens is 856 g/mol. The molecule has 4 rings (SSSR count). The summed E-state index contributed by atoms with van der Waals surface area (Å²) in [6, 6.07) is -4.18. The molecule has 0 radical (unpaired) electrons. The normalized spacial score (nSPS) is 42.7. The molecule has 4 aliphatic rings. The Morgan fingerprint density at radius 1 is 0.474 bits per heavy atom. The van der Waals surface area contributed by atoms with E-state index in [1.807, 2.05) is 0 Å². The third kappa shape index (κ3) is 17.8. The lowest BCUT2D eigenvalue weighted by molar-refractivity contribution is -0.306. The molecule has 1 aliphatic carbocycles. The van der Waals surface area contributed by atoms with Gasteiger partial charge in [-0.25, -0.2) is 0 Å². The van der Waals surface area contributed by atoms with Crippen LogP contribution in [0.1, 0.15) is 6.42 Å². The first-order valence-corrected chi connectivity index (χ1v) is 20.2. The van der Waals surface area contributed by atoms with Gasteiger partial charge in [0.15, 0.2) is 18.9 Å². The van der Waals surface area contributed by atoms with Crippen molar-refractivity contribution in [2.45, 2.75) is 123 Å². The zero-order valence-corrected chi connectivity index (χ0v) is 31.6. The van der Waals surface area contributed by atoms with Crippen LogP contribution in [-0.4, -0.2) is 224 Å². The number of rotatable bonds is 9. The van der Waals surface area contributed by atoms with E-state index in [0.717, 1.165) is 0 Å². The van der Waals surface area contributed by atoms with E-state index in [4.69, 9.17) is 115 Å². The molecule has 3 aliphatic heterocycles. The topological polar surface area (TPSA) is 577 Å². The minimum Gasteiger partial charge on any atom is -0.394 e. The van der Waals surface area contributed by atoms with Gasteiger partial charge in [-0.2, -0.15) is 25.3 Å². The van der Waals surface area contributed by atoms with Crippen LogP contribution >= 0.6 is 0 Å². The van der Waals surface area contributed by atoms with Gasteiger partial charge in [0, 0.05) is 25.2 Å². The first-order chi connectivity index (χ1) is 25.8. The number of aliphatic hydroxyl groups is 7. The first-order valence-electron chi connectivity index (χ1n) is 16.0. The summed E-state index contributed by atoms with van der Waals surface area (Å²) in [5, 5.41) is 73.0. The van der Waals surface area contributed by atoms with E-state index in [9.17, 15) is 35.7 Å². The average Bonchev–Trinajstić information content (AvgIpc) is 3.36. The monoisotopic (exact) mass is 908 g/mol. The molecule has 31 nitrogen and oxygen atoms in total. The first kappa shape index (κ1) is 53.9. The molecule has 19 atom stereocenters. The number of hydrogen-bond acceptors (Lipinski definition) is 25. The summed E-state index contributed by atoms with van der Waals surface area (Å²) in [5.41, 5.74) is 35.6. The molecule has 3 heterocycles. The Bertz CT molecular complexity index is 1440. The Balaban J connectivity index is 0.000000921. The fourth-order valence-electron chi connectivity index (χ4n) is 5.74. The molecule has 0 aromatic carbocycles. The third-order valence-electron chi connectivity index (χ3n) is 8.37. The van der Waals surface area contributed by atoms with Gasteiger partial charge in [-0.1, -0.05) is 0 Å². The second-order valence-electron chi connectivity index (χ2n) is 12.6. The average molecular weight is 909 g/mol. The van der Waals surface area contributed by atoms with Gasteiger partial charge in [-0.05, 0) is 6.42 Å². The molecular formula is C23H52N6O25S3. The molecule has 25 N–H and O–H groups in total. The molecule has 0 unspecified atom stereocenters. The maximum Gasteiger partial charge on any atom is 0.394 e. The summed E-state index contributed by atoms with van der Waals surface area (Å²) < 4.78 is 129. The molecule has 57 heavy (non-hydrogen) atoms. The highest BCUT2D eigenvalue weighted by Crippen LogP contribution is 2.34. The third-order valence-corrected chi connectivity index (χ3v) is 8.37. The van der Waals surface area contributed by atoms with E-state index in [0.29, 0.717) is 0 Å². The van der Waals surface area contributed by atoms with Crippen LogP contribution in [0.3, 0.4) is 0 Å². The predicted octanol–water partition coefficient (Wildman–Crippen LogP) is -10.9. The van der Waals surface area contributed by atoms with Gasteiger partial charge in [0.05, 0.1) is 24.8 Å². The van der Waals surface area contributed by atoms with Crippen LogP contribution in [0.4, 0.5) is 0 Å². The SMILES string of the molecule is NC[C@@H]1O[C@@H](O[C@H]2[C@@H](O)[C@H](O[C@@H]3[C@@H](O)[C@@H](N)C[C@H](N)[C@H]3O[C@H]3O[C@H](CN)[C@@H](O)[C@@H](O)[C@H]3N)O[C@H]2CO)[C@H](N)[C@@H](O)[C@@H]1O.O=S(=O)(O)O.O=S(=O)(O)O.O=S(=O)(O)O. The van der Waals surface area contributed by atoms with Crippen LogP contribution in [0.2, 0.25) is 0 Å². The molecule has 4 fully saturated rings. The molecule has 0 aromatic rings. The van der Waals surface area contributed by atoms with E-state index in [-0.39, 0.29) is 19.5 Å². The lowest BCUT2D eigenvalue weighted by atomic mass is 9.84. The van der Waals surface area contributed by atoms with Crippen LogP contribution in [0.15, 0.2) is 0 Å². The lowest BCUT2D eigenvalue weighted by Crippen LogP contribution is -2.68. The molecule has 1 saturated carbocycles. The summed E-state index contributed by atoms with van der Waals surface area (Å²) in [4.78, 5) is 0. The summed E-state index contributed by atoms with van der Waals surface area (Å²) in [6.07, 6.45) is -19.8. The maximum absolute atomic E-state index is 11.1. The Morgan fingerprint density at radius 3 is 1.16 bits per heavy atom. The summed E-state index contributed by atoms with van der Waals surface area (Å²) in [6.45, 7) is -0.967. The summed E-state index contributed by atoms with van der Waals surface area (Å²) >= 11 is 0. The van der Waals surface area contributed by atoms with E-state index in [1.165, 1.54) is 0 Å². The zero-order chi connectivity index (χ0) is 44.5. The standard InChI is InChI=1S/C23H46N6O13.3H2O4S/c24-2-7-13(32)15(34)10(28)21(37-7)40-18-6(27)1-5(26)12(31)20(18)42-23-17(36)19(9(4-30)39-23)41-22-11(29)16(35)14(33)8(3-25)38-22;3*1-5(2,3)4/h5-23,30-36H,1-4,24-29H2;3*(H2,1,2,3,4)/t5-,6-,7+,8-,9-,10+,11+,12-,13+,14+,15-,16+,17+,18+,19+,20+,21+,22-,23-;;;/m0.../s1. The van der Waals surface area contributed by atoms with Crippen molar-refractivity contribution < 1.29 is 117 Å². The van der Waals surface area contributed by atoms with Crippen molar-refractivity contribution in [3.8, 4) is 0 Å². The van der Waals surface area contributed by atoms with Crippen molar-refractivity contribution in [1.29, 1.82) is 0 Å². The van der Waals surface area contributed by atoms with Crippen molar-refractivity contribution in [2.24, 2.45) is 34.4 Å². The van der Waals surface area contributed by atoms with Crippen molar-refractivity contribution >= 4 is 31.2 Å². The summed E-state index contributed by atoms with van der Waals surface area (Å²) in [5.74, 6) is 0. The number of ether oxygens (including phenoxy) is 6. The summed E-state index contributed by atoms with van der Waals surface area (Å²) in [7, 11) is -14.0. The maximum atomic E-state index is 11.1. The highest BCUT2D eigenvalue weighted by atomic mass is 32.3. The van der Waals surface area contributed by atoms with Crippen molar-refractivity contribution in [2.75, 3.05) is 19.7 Å². The molecule has 0 spiro atoms. The van der Waals surface area contributed by atoms with Crippen molar-refractivity contribution in [3.05, 3.63) is 0 Å². The van der Waals surface area contributed by atoms with Crippen LogP contribution < -0.4 is 34.4 Å². The van der Waals surface area contributed by atoms with Gasteiger partial charge in [0.2, 0.25) is 0 Å². The molecule has 342 valence electrons. The smallest absolute Gasteiger partial charge is 0.394 e. The highest BCUT2D eigenvalue weighted by molar-refractivity contribution is 7.80. The molecule has 34 heteroatoms. The second-order valence-corrected chi connectivity index (χ2v) is 15.3. The van der Waals surface area contributed by atoms with Gasteiger partial charge in [-0.15, -0.1) is 0 Å². The minimum atomic E-state index is -4.67. The Hall–Kier alpha value is -1.15. The quantitative estimate of drug-likeness (QED) is 0.0955. The van der Waals surface area contributed by atoms with Crippen molar-refractivity contribution in [3.63, 3.8) is 0 Å². The molecule has 0 aromatic heterocycles. The van der Waals surface area contributed by atoms with Gasteiger partial charge in [-0.3, -0.25) is 27.3 Å². The van der Waals surface area contributed by atoms with Gasteiger partial charge >= 0.3 is 31.2 Å². The number of nitrogens with two attached hydrogens (primary N) is 6. The van der Waals surface area contributed by atoms with Crippen LogP contribution in [0.5, 0.6) is 0 Å². The van der Waals surface area contributed by atoms with Crippen LogP contribution in [0, 0.1) is 0 Å². The fraction of sp³-hybridized carbons (Fsp3) is 1.00. The van der Waals surface area contributed by atoms with Gasteiger partial charge in [0.1, 0.15) is 67.1 Å². The molecule has 3 saturated heterocycles. The highest BCUT2D eigenvalue weighted by Gasteiger charge is 2.54. The lowest BCUT2D eigenvalue weighted by Gasteiger charge is -2.47. The number of aliphatic hydroxyl groups excluding tert-OH is 7. The largest absolute Gasteiger partial charge is 0.394 e. The van der Waals surface area contributed by atoms with Crippen molar-refractivity contribution in [1.82, 2.24) is 0 Å². The van der Waals surface area contributed by atoms with E-state index in [2.05, 4.69) is 0 Å².